The van der Waals surface area contributed by atoms with Crippen molar-refractivity contribution in [3.05, 3.63) is 58.9 Å². The summed E-state index contributed by atoms with van der Waals surface area (Å²) >= 11 is 6.26. The van der Waals surface area contributed by atoms with Crippen molar-refractivity contribution in [3.8, 4) is 17.1 Å². The van der Waals surface area contributed by atoms with E-state index in [1.54, 1.807) is 53.4 Å². The van der Waals surface area contributed by atoms with Crippen LogP contribution in [0.4, 0.5) is 9.18 Å². The second-order valence-electron chi connectivity index (χ2n) is 7.99. The van der Waals surface area contributed by atoms with E-state index >= 15 is 0 Å². The molecule has 2 aliphatic rings. The molecule has 3 aromatic heterocycles. The number of carbonyl (C=O) groups is 1. The maximum atomic E-state index is 14.4. The van der Waals surface area contributed by atoms with Crippen LogP contribution < -0.4 is 4.74 Å². The molecule has 11 heteroatoms. The first-order valence-electron chi connectivity index (χ1n) is 10.4. The number of hydrazone groups is 1. The van der Waals surface area contributed by atoms with Crippen LogP contribution in [0.5, 0.6) is 5.75 Å². The van der Waals surface area contributed by atoms with Crippen LogP contribution in [-0.2, 0) is 7.05 Å². The Bertz CT molecular complexity index is 1220. The number of carbonyl (C=O) groups excluding carboxylic acids is 1. The number of hydrogen-bond donors (Lipinski definition) is 0. The van der Waals surface area contributed by atoms with Crippen LogP contribution in [0.25, 0.3) is 11.4 Å². The molecule has 2 amide bonds. The topological polar surface area (TPSA) is 88.7 Å². The Hall–Kier alpha value is -3.53. The van der Waals surface area contributed by atoms with Gasteiger partial charge in [-0.1, -0.05) is 11.6 Å². The van der Waals surface area contributed by atoms with Crippen LogP contribution in [-0.4, -0.2) is 61.1 Å². The lowest BCUT2D eigenvalue weighted by Gasteiger charge is -2.40. The number of urea groups is 1. The first-order valence-corrected chi connectivity index (χ1v) is 10.8. The van der Waals surface area contributed by atoms with Gasteiger partial charge in [-0.2, -0.15) is 10.2 Å². The lowest BCUT2D eigenvalue weighted by molar-refractivity contribution is 0.0255. The molecule has 1 saturated heterocycles. The van der Waals surface area contributed by atoms with Gasteiger partial charge in [-0.3, -0.25) is 14.6 Å². The van der Waals surface area contributed by atoms with Gasteiger partial charge in [-0.25, -0.2) is 14.2 Å². The molecule has 1 fully saturated rings. The highest BCUT2D eigenvalue weighted by Gasteiger charge is 2.40. The van der Waals surface area contributed by atoms with E-state index in [2.05, 4.69) is 20.2 Å². The fraction of sp³-hybridized carbons (Fsp3) is 0.318. The van der Waals surface area contributed by atoms with E-state index < -0.39 is 5.82 Å². The summed E-state index contributed by atoms with van der Waals surface area (Å²) in [6.45, 7) is 2.54. The number of aromatic nitrogens is 4. The SMILES string of the molecule is Cc1cnn(C)c1-c1cc(OC2CN(C(=O)N3N=CCC3c3ncccc3Cl)C2)c(F)cn1. The molecule has 170 valence electrons. The number of ether oxygens (including phenoxy) is 1. The van der Waals surface area contributed by atoms with Gasteiger partial charge in [0.25, 0.3) is 0 Å². The monoisotopic (exact) mass is 469 g/mol. The first kappa shape index (κ1) is 21.3. The molecule has 2 aliphatic heterocycles. The van der Waals surface area contributed by atoms with Crippen LogP contribution in [0.15, 0.2) is 41.9 Å². The molecule has 1 atom stereocenters. The maximum Gasteiger partial charge on any atom is 0.341 e. The lowest BCUT2D eigenvalue weighted by Crippen LogP contribution is -2.59. The van der Waals surface area contributed by atoms with E-state index in [0.717, 1.165) is 17.5 Å². The summed E-state index contributed by atoms with van der Waals surface area (Å²) < 4.78 is 21.9. The molecular formula is C22H21ClFN7O2. The van der Waals surface area contributed by atoms with E-state index in [1.807, 2.05) is 6.92 Å². The largest absolute Gasteiger partial charge is 0.483 e. The highest BCUT2D eigenvalue weighted by atomic mass is 35.5. The number of rotatable bonds is 4. The predicted octanol–water partition coefficient (Wildman–Crippen LogP) is 3.59. The predicted molar refractivity (Wildman–Crippen MR) is 119 cm³/mol. The van der Waals surface area contributed by atoms with E-state index in [1.165, 1.54) is 5.01 Å². The number of nitrogens with zero attached hydrogens (tertiary/aromatic N) is 7. The van der Waals surface area contributed by atoms with E-state index in [4.69, 9.17) is 16.3 Å². The number of pyridine rings is 2. The number of amides is 2. The summed E-state index contributed by atoms with van der Waals surface area (Å²) in [6, 6.07) is 4.42. The summed E-state index contributed by atoms with van der Waals surface area (Å²) in [5, 5.41) is 10.3. The summed E-state index contributed by atoms with van der Waals surface area (Å²) in [5.41, 5.74) is 2.89. The van der Waals surface area contributed by atoms with Gasteiger partial charge in [0.1, 0.15) is 12.1 Å². The number of halogens is 2. The molecule has 0 aromatic carbocycles. The third-order valence-corrected chi connectivity index (χ3v) is 6.04. The second kappa shape index (κ2) is 8.43. The molecule has 3 aromatic rings. The highest BCUT2D eigenvalue weighted by molar-refractivity contribution is 6.31. The standard InChI is InChI=1S/C22H21ClFN7O2/c1-13-9-28-29(2)21(13)17-8-19(16(24)10-26-17)33-14-11-30(12-14)22(32)31-18(5-7-27-31)20-15(23)4-3-6-25-20/h3-4,6-10,14,18H,5,11-12H2,1-2H3. The Kier molecular flexibility index (Phi) is 5.45. The Morgan fingerprint density at radius 3 is 2.82 bits per heavy atom. The smallest absolute Gasteiger partial charge is 0.341 e. The Morgan fingerprint density at radius 2 is 2.09 bits per heavy atom. The van der Waals surface area contributed by atoms with Crippen LogP contribution in [0, 0.1) is 12.7 Å². The zero-order chi connectivity index (χ0) is 23.1. The fourth-order valence-corrected chi connectivity index (χ4v) is 4.26. The van der Waals surface area contributed by atoms with Crippen molar-refractivity contribution in [1.82, 2.24) is 29.7 Å². The molecule has 0 N–H and O–H groups in total. The van der Waals surface area contributed by atoms with Crippen molar-refractivity contribution in [2.24, 2.45) is 12.1 Å². The van der Waals surface area contributed by atoms with Crippen molar-refractivity contribution in [1.29, 1.82) is 0 Å². The zero-order valence-electron chi connectivity index (χ0n) is 18.0. The van der Waals surface area contributed by atoms with Crippen LogP contribution in [0.1, 0.15) is 23.7 Å². The van der Waals surface area contributed by atoms with E-state index in [0.29, 0.717) is 35.9 Å². The molecule has 0 spiro atoms. The molecule has 1 unspecified atom stereocenters. The highest BCUT2D eigenvalue weighted by Crippen LogP contribution is 2.33. The van der Waals surface area contributed by atoms with Crippen molar-refractivity contribution < 1.29 is 13.9 Å². The van der Waals surface area contributed by atoms with Crippen LogP contribution in [0.3, 0.4) is 0 Å². The van der Waals surface area contributed by atoms with Gasteiger partial charge in [0.2, 0.25) is 0 Å². The van der Waals surface area contributed by atoms with Crippen molar-refractivity contribution in [2.75, 3.05) is 13.1 Å². The normalized spacial score (nSPS) is 18.0. The third kappa shape index (κ3) is 3.91. The Balaban J connectivity index is 1.25. The zero-order valence-corrected chi connectivity index (χ0v) is 18.8. The van der Waals surface area contributed by atoms with E-state index in [-0.39, 0.29) is 23.9 Å². The quantitative estimate of drug-likeness (QED) is 0.582. The van der Waals surface area contributed by atoms with Crippen molar-refractivity contribution >= 4 is 23.8 Å². The molecule has 9 nitrogen and oxygen atoms in total. The third-order valence-electron chi connectivity index (χ3n) is 5.73. The van der Waals surface area contributed by atoms with Crippen molar-refractivity contribution in [2.45, 2.75) is 25.5 Å². The average molecular weight is 470 g/mol. The molecule has 5 heterocycles. The minimum Gasteiger partial charge on any atom is -0.483 e. The molecule has 0 aliphatic carbocycles. The Labute approximate surface area is 194 Å². The van der Waals surface area contributed by atoms with Gasteiger partial charge in [-0.05, 0) is 24.6 Å². The van der Waals surface area contributed by atoms with Gasteiger partial charge in [0.05, 0.1) is 47.6 Å². The van der Waals surface area contributed by atoms with Gasteiger partial charge < -0.3 is 9.64 Å². The van der Waals surface area contributed by atoms with Gasteiger partial charge >= 0.3 is 6.03 Å². The fourth-order valence-electron chi connectivity index (χ4n) is 4.02. The average Bonchev–Trinajstić information content (AvgIpc) is 3.38. The number of hydrogen-bond acceptors (Lipinski definition) is 6. The lowest BCUT2D eigenvalue weighted by atomic mass is 10.1. The van der Waals surface area contributed by atoms with Gasteiger partial charge in [0, 0.05) is 31.9 Å². The molecule has 0 saturated carbocycles. The summed E-state index contributed by atoms with van der Waals surface area (Å²) in [7, 11) is 1.80. The summed E-state index contributed by atoms with van der Waals surface area (Å²) in [6.07, 6.45) is 6.38. The van der Waals surface area contributed by atoms with Crippen LogP contribution in [0.2, 0.25) is 5.02 Å². The number of aryl methyl sites for hydroxylation is 2. The van der Waals surface area contributed by atoms with E-state index in [9.17, 15) is 9.18 Å². The first-order chi connectivity index (χ1) is 15.9. The summed E-state index contributed by atoms with van der Waals surface area (Å²) in [5.74, 6) is -0.465. The van der Waals surface area contributed by atoms with Crippen LogP contribution >= 0.6 is 11.6 Å². The molecular weight excluding hydrogens is 449 g/mol. The van der Waals surface area contributed by atoms with Gasteiger partial charge in [-0.15, -0.1) is 0 Å². The minimum atomic E-state index is -0.558. The van der Waals surface area contributed by atoms with Crippen molar-refractivity contribution in [3.63, 3.8) is 0 Å². The molecule has 0 bridgehead atoms. The molecule has 0 radical (unpaired) electrons. The molecule has 33 heavy (non-hydrogen) atoms. The number of likely N-dealkylation sites (tertiary alicyclic amines) is 1. The van der Waals surface area contributed by atoms with Gasteiger partial charge in [0.15, 0.2) is 11.6 Å². The molecule has 5 rings (SSSR count). The second-order valence-corrected chi connectivity index (χ2v) is 8.40. The summed E-state index contributed by atoms with van der Waals surface area (Å²) in [4.78, 5) is 23.1. The Morgan fingerprint density at radius 1 is 1.27 bits per heavy atom. The minimum absolute atomic E-state index is 0.0926. The maximum absolute atomic E-state index is 14.4.